The lowest BCUT2D eigenvalue weighted by Crippen LogP contribution is -2.25. The van der Waals surface area contributed by atoms with Gasteiger partial charge in [0.25, 0.3) is 11.6 Å². The van der Waals surface area contributed by atoms with Gasteiger partial charge in [0.1, 0.15) is 0 Å². The molecule has 2 aromatic carbocycles. The lowest BCUT2D eigenvalue weighted by atomic mass is 10.0. The summed E-state index contributed by atoms with van der Waals surface area (Å²) in [5.74, 6) is -1.80. The molecule has 0 atom stereocenters. The van der Waals surface area contributed by atoms with E-state index in [9.17, 15) is 32.9 Å². The zero-order valence-electron chi connectivity index (χ0n) is 18.3. The average molecular weight is 476 g/mol. The maximum atomic E-state index is 13.8. The molecule has 1 amide bonds. The number of amides is 1. The number of alkyl halides is 3. The number of nitro groups is 1. The van der Waals surface area contributed by atoms with Crippen LogP contribution in [0.4, 0.5) is 18.9 Å². The monoisotopic (exact) mass is 476 g/mol. The largest absolute Gasteiger partial charge is 0.465 e. The van der Waals surface area contributed by atoms with E-state index in [1.54, 1.807) is 19.9 Å². The molecular weight excluding hydrogens is 457 g/mol. The maximum Gasteiger partial charge on any atom is 0.416 e. The van der Waals surface area contributed by atoms with Crippen molar-refractivity contribution in [2.75, 3.05) is 7.11 Å². The van der Waals surface area contributed by atoms with E-state index in [2.05, 4.69) is 15.2 Å². The summed E-state index contributed by atoms with van der Waals surface area (Å²) in [6.07, 6.45) is -4.71. The first kappa shape index (κ1) is 24.4. The molecule has 0 saturated carbocycles. The van der Waals surface area contributed by atoms with Gasteiger partial charge >= 0.3 is 12.1 Å². The first-order chi connectivity index (χ1) is 15.9. The summed E-state index contributed by atoms with van der Waals surface area (Å²) in [5.41, 5.74) is -0.747. The summed E-state index contributed by atoms with van der Waals surface area (Å²) in [7, 11) is 1.06. The lowest BCUT2D eigenvalue weighted by molar-refractivity contribution is -0.384. The summed E-state index contributed by atoms with van der Waals surface area (Å²) in [6.45, 7) is 2.92. The number of non-ortho nitro benzene ring substituents is 1. The van der Waals surface area contributed by atoms with Gasteiger partial charge in [-0.3, -0.25) is 14.9 Å². The predicted octanol–water partition coefficient (Wildman–Crippen LogP) is 4.13. The normalized spacial score (nSPS) is 11.2. The van der Waals surface area contributed by atoms with Gasteiger partial charge in [-0.25, -0.2) is 9.48 Å². The van der Waals surface area contributed by atoms with Gasteiger partial charge in [-0.1, -0.05) is 6.07 Å². The number of ether oxygens (including phenoxy) is 1. The van der Waals surface area contributed by atoms with Crippen molar-refractivity contribution in [3.8, 4) is 5.69 Å². The van der Waals surface area contributed by atoms with Gasteiger partial charge in [-0.2, -0.15) is 18.3 Å². The quantitative estimate of drug-likeness (QED) is 0.325. The van der Waals surface area contributed by atoms with E-state index >= 15 is 0 Å². The number of methoxy groups -OCH3 is 1. The third-order valence-corrected chi connectivity index (χ3v) is 4.90. The first-order valence-corrected chi connectivity index (χ1v) is 9.80. The molecule has 0 aliphatic carbocycles. The second kappa shape index (κ2) is 9.33. The van der Waals surface area contributed by atoms with Crippen molar-refractivity contribution >= 4 is 17.6 Å². The number of nitro benzene ring substituents is 1. The topological polar surface area (TPSA) is 116 Å². The van der Waals surface area contributed by atoms with Crippen molar-refractivity contribution in [3.05, 3.63) is 86.2 Å². The Bertz CT molecular complexity index is 1280. The fourth-order valence-corrected chi connectivity index (χ4v) is 3.37. The number of nitrogens with zero attached hydrogens (tertiary/aromatic N) is 3. The fourth-order valence-electron chi connectivity index (χ4n) is 3.37. The number of carbonyl (C=O) groups excluding carboxylic acids is 2. The molecule has 0 bridgehead atoms. The predicted molar refractivity (Wildman–Crippen MR) is 114 cm³/mol. The Morgan fingerprint density at radius 3 is 2.35 bits per heavy atom. The zero-order chi connectivity index (χ0) is 25.2. The van der Waals surface area contributed by atoms with E-state index in [-0.39, 0.29) is 22.4 Å². The highest BCUT2D eigenvalue weighted by Crippen LogP contribution is 2.34. The number of halogens is 3. The summed E-state index contributed by atoms with van der Waals surface area (Å²) < 4.78 is 47.2. The van der Waals surface area contributed by atoms with E-state index in [0.717, 1.165) is 31.4 Å². The van der Waals surface area contributed by atoms with Crippen molar-refractivity contribution in [2.45, 2.75) is 26.6 Å². The Labute approximate surface area is 191 Å². The number of hydrogen-bond donors (Lipinski definition) is 1. The highest BCUT2D eigenvalue weighted by atomic mass is 19.4. The Hall–Kier alpha value is -4.22. The minimum Gasteiger partial charge on any atom is -0.465 e. The summed E-state index contributed by atoms with van der Waals surface area (Å²) >= 11 is 0. The molecule has 0 radical (unpaired) electrons. The smallest absolute Gasteiger partial charge is 0.416 e. The number of aromatic nitrogens is 2. The maximum absolute atomic E-state index is 13.8. The van der Waals surface area contributed by atoms with Crippen LogP contribution in [-0.2, 0) is 17.5 Å². The van der Waals surface area contributed by atoms with E-state index in [1.807, 2.05) is 0 Å². The number of hydrogen-bond acceptors (Lipinski definition) is 6. The van der Waals surface area contributed by atoms with Gasteiger partial charge in [-0.15, -0.1) is 0 Å². The average Bonchev–Trinajstić information content (AvgIpc) is 3.13. The van der Waals surface area contributed by atoms with Crippen LogP contribution in [0.15, 0.2) is 42.5 Å². The standard InChI is InChI=1S/C22H19F3N4O5/c1-12-6-13(2)28(27-12)17-5-4-14(19(10-17)22(23,24)25)11-26-20(30)15-7-16(21(31)34-3)9-18(8-15)29(32)33/h4-10H,11H2,1-3H3,(H,26,30). The zero-order valence-corrected chi connectivity index (χ0v) is 18.3. The van der Waals surface area contributed by atoms with Gasteiger partial charge in [0.05, 0.1) is 34.5 Å². The van der Waals surface area contributed by atoms with Crippen LogP contribution in [0.25, 0.3) is 5.69 Å². The molecule has 0 saturated heterocycles. The Morgan fingerprint density at radius 1 is 1.12 bits per heavy atom. The van der Waals surface area contributed by atoms with E-state index in [1.165, 1.54) is 16.8 Å². The minimum atomic E-state index is -4.71. The third-order valence-electron chi connectivity index (χ3n) is 4.90. The molecular formula is C22H19F3N4O5. The van der Waals surface area contributed by atoms with Gasteiger partial charge in [0, 0.05) is 29.9 Å². The first-order valence-electron chi connectivity index (χ1n) is 9.80. The van der Waals surface area contributed by atoms with Crippen LogP contribution < -0.4 is 5.32 Å². The SMILES string of the molecule is COC(=O)c1cc(C(=O)NCc2ccc(-n3nc(C)cc3C)cc2C(F)(F)F)cc([N+](=O)[O-])c1. The second-order valence-corrected chi connectivity index (χ2v) is 7.38. The van der Waals surface area contributed by atoms with Crippen LogP contribution in [0.3, 0.4) is 0 Å². The van der Waals surface area contributed by atoms with Crippen LogP contribution in [0, 0.1) is 24.0 Å². The van der Waals surface area contributed by atoms with Crippen molar-refractivity contribution in [1.29, 1.82) is 0 Å². The number of rotatable bonds is 6. The summed E-state index contributed by atoms with van der Waals surface area (Å²) in [6, 6.07) is 8.24. The molecule has 3 aromatic rings. The highest BCUT2D eigenvalue weighted by Gasteiger charge is 2.34. The van der Waals surface area contributed by atoms with Crippen LogP contribution >= 0.6 is 0 Å². The van der Waals surface area contributed by atoms with Crippen molar-refractivity contribution in [3.63, 3.8) is 0 Å². The van der Waals surface area contributed by atoms with Crippen molar-refractivity contribution < 1.29 is 32.4 Å². The fraction of sp³-hybridized carbons (Fsp3) is 0.227. The van der Waals surface area contributed by atoms with Gasteiger partial charge in [-0.05, 0) is 43.7 Å². The number of aryl methyl sites for hydroxylation is 2. The molecule has 0 unspecified atom stereocenters. The number of nitrogens with one attached hydrogen (secondary N) is 1. The van der Waals surface area contributed by atoms with Crippen LogP contribution in [-0.4, -0.2) is 33.7 Å². The van der Waals surface area contributed by atoms with Crippen molar-refractivity contribution in [2.24, 2.45) is 0 Å². The number of esters is 1. The molecule has 1 aromatic heterocycles. The minimum absolute atomic E-state index is 0.203. The molecule has 9 nitrogen and oxygen atoms in total. The summed E-state index contributed by atoms with van der Waals surface area (Å²) in [4.78, 5) is 34.7. The van der Waals surface area contributed by atoms with Crippen LogP contribution in [0.2, 0.25) is 0 Å². The van der Waals surface area contributed by atoms with Crippen LogP contribution in [0.1, 0.15) is 43.2 Å². The Balaban J connectivity index is 1.91. The highest BCUT2D eigenvalue weighted by molar-refractivity contribution is 5.99. The molecule has 0 spiro atoms. The van der Waals surface area contributed by atoms with E-state index in [0.29, 0.717) is 11.4 Å². The Kier molecular flexibility index (Phi) is 6.70. The Morgan fingerprint density at radius 2 is 1.79 bits per heavy atom. The molecule has 3 rings (SSSR count). The third kappa shape index (κ3) is 5.22. The number of carbonyl (C=O) groups is 2. The second-order valence-electron chi connectivity index (χ2n) is 7.38. The molecule has 0 fully saturated rings. The molecule has 34 heavy (non-hydrogen) atoms. The van der Waals surface area contributed by atoms with E-state index < -0.39 is 40.8 Å². The lowest BCUT2D eigenvalue weighted by Gasteiger charge is -2.16. The molecule has 0 aliphatic rings. The van der Waals surface area contributed by atoms with Crippen molar-refractivity contribution in [1.82, 2.24) is 15.1 Å². The molecule has 12 heteroatoms. The van der Waals surface area contributed by atoms with Crippen LogP contribution in [0.5, 0.6) is 0 Å². The molecule has 178 valence electrons. The van der Waals surface area contributed by atoms with Gasteiger partial charge in [0.2, 0.25) is 0 Å². The summed E-state index contributed by atoms with van der Waals surface area (Å²) in [5, 5.41) is 17.6. The van der Waals surface area contributed by atoms with Gasteiger partial charge in [0.15, 0.2) is 0 Å². The molecule has 1 N–H and O–H groups in total. The van der Waals surface area contributed by atoms with Gasteiger partial charge < -0.3 is 10.1 Å². The number of benzene rings is 2. The van der Waals surface area contributed by atoms with E-state index in [4.69, 9.17) is 0 Å². The molecule has 0 aliphatic heterocycles. The molecule has 1 heterocycles.